The Labute approximate surface area is 230 Å². The molecule has 204 valence electrons. The Morgan fingerprint density at radius 3 is 2.44 bits per heavy atom. The molecule has 4 heterocycles. The van der Waals surface area contributed by atoms with E-state index in [1.165, 1.54) is 12.4 Å². The van der Waals surface area contributed by atoms with Crippen LogP contribution in [0.5, 0.6) is 0 Å². The zero-order valence-electron chi connectivity index (χ0n) is 21.8. The summed E-state index contributed by atoms with van der Waals surface area (Å²) < 4.78 is 5.48. The van der Waals surface area contributed by atoms with E-state index in [0.29, 0.717) is 37.0 Å². The van der Waals surface area contributed by atoms with Gasteiger partial charge in [0.05, 0.1) is 10.7 Å². The van der Waals surface area contributed by atoms with Crippen LogP contribution in [0, 0.1) is 0 Å². The first-order valence-corrected chi connectivity index (χ1v) is 12.7. The molecule has 1 aliphatic rings. The summed E-state index contributed by atoms with van der Waals surface area (Å²) in [4.78, 5) is 49.9. The van der Waals surface area contributed by atoms with Gasteiger partial charge in [0.25, 0.3) is 11.8 Å². The van der Waals surface area contributed by atoms with Crippen LogP contribution in [0.15, 0.2) is 48.8 Å². The second-order valence-electron chi connectivity index (χ2n) is 9.75. The molecule has 12 nitrogen and oxygen atoms in total. The monoisotopic (exact) mass is 552 g/mol. The lowest BCUT2D eigenvalue weighted by atomic mass is 10.2. The van der Waals surface area contributed by atoms with E-state index in [1.807, 2.05) is 25.7 Å². The largest absolute Gasteiger partial charge is 0.444 e. The quantitative estimate of drug-likeness (QED) is 0.482. The van der Waals surface area contributed by atoms with Crippen molar-refractivity contribution < 1.29 is 19.1 Å². The summed E-state index contributed by atoms with van der Waals surface area (Å²) in [7, 11) is 0. The highest BCUT2D eigenvalue weighted by Gasteiger charge is 2.25. The highest BCUT2D eigenvalue weighted by Crippen LogP contribution is 2.18. The number of ether oxygens (including phenoxy) is 1. The highest BCUT2D eigenvalue weighted by atomic mass is 35.5. The molecule has 0 saturated carbocycles. The van der Waals surface area contributed by atoms with E-state index in [-0.39, 0.29) is 29.0 Å². The summed E-state index contributed by atoms with van der Waals surface area (Å²) in [5.41, 5.74) is -0.279. The van der Waals surface area contributed by atoms with Crippen molar-refractivity contribution in [3.63, 3.8) is 0 Å². The van der Waals surface area contributed by atoms with Crippen LogP contribution in [0.25, 0.3) is 0 Å². The average Bonchev–Trinajstić information content (AvgIpc) is 3.16. The molecule has 0 unspecified atom stereocenters. The predicted molar refractivity (Wildman–Crippen MR) is 146 cm³/mol. The fraction of sp³-hybridized carbons (Fsp3) is 0.346. The van der Waals surface area contributed by atoms with Gasteiger partial charge in [-0.1, -0.05) is 11.6 Å². The predicted octanol–water partition coefficient (Wildman–Crippen LogP) is 3.87. The number of carbonyl (C=O) groups is 3. The third-order valence-electron chi connectivity index (χ3n) is 5.59. The molecule has 0 aromatic carbocycles. The maximum absolute atomic E-state index is 12.9. The summed E-state index contributed by atoms with van der Waals surface area (Å²) in [5.74, 6) is -0.220. The molecule has 3 amide bonds. The minimum atomic E-state index is -0.556. The van der Waals surface area contributed by atoms with E-state index in [2.05, 4.69) is 30.8 Å². The maximum Gasteiger partial charge on any atom is 0.410 e. The van der Waals surface area contributed by atoms with Gasteiger partial charge in [0, 0.05) is 38.6 Å². The first-order valence-electron chi connectivity index (χ1n) is 12.3. The topological polar surface area (TPSA) is 143 Å². The summed E-state index contributed by atoms with van der Waals surface area (Å²) in [6.45, 7) is 7.80. The Kier molecular flexibility index (Phi) is 8.55. The molecule has 0 spiro atoms. The van der Waals surface area contributed by atoms with Gasteiger partial charge >= 0.3 is 6.09 Å². The summed E-state index contributed by atoms with van der Waals surface area (Å²) >= 11 is 5.84. The van der Waals surface area contributed by atoms with Gasteiger partial charge in [-0.3, -0.25) is 9.59 Å². The summed E-state index contributed by atoms with van der Waals surface area (Å²) in [6, 6.07) is 9.57. The molecule has 1 fully saturated rings. The number of rotatable bonds is 5. The average molecular weight is 553 g/mol. The van der Waals surface area contributed by atoms with Crippen molar-refractivity contribution in [1.82, 2.24) is 25.1 Å². The maximum atomic E-state index is 12.9. The van der Waals surface area contributed by atoms with Gasteiger partial charge in [-0.05, 0) is 63.6 Å². The fourth-order valence-electron chi connectivity index (χ4n) is 3.77. The van der Waals surface area contributed by atoms with Crippen molar-refractivity contribution in [1.29, 1.82) is 0 Å². The molecular weight excluding hydrogens is 524 g/mol. The molecule has 4 rings (SSSR count). The van der Waals surface area contributed by atoms with Crippen LogP contribution < -0.4 is 15.5 Å². The first kappa shape index (κ1) is 27.7. The van der Waals surface area contributed by atoms with E-state index in [9.17, 15) is 14.4 Å². The Bertz CT molecular complexity index is 1330. The van der Waals surface area contributed by atoms with E-state index in [1.54, 1.807) is 41.3 Å². The van der Waals surface area contributed by atoms with Crippen LogP contribution >= 0.6 is 11.6 Å². The molecule has 0 radical (unpaired) electrons. The number of aromatic nitrogens is 4. The SMILES string of the molecule is CC(C)(C)OC(=O)N1CCCN(c2ccc(C(=O)Nc3cccnc3C(=O)Nc3ccc(Cl)cn3)nn2)CC1. The number of carbonyl (C=O) groups excluding carboxylic acids is 3. The molecule has 13 heteroatoms. The van der Waals surface area contributed by atoms with Crippen LogP contribution in [-0.2, 0) is 4.74 Å². The van der Waals surface area contributed by atoms with Crippen LogP contribution in [0.3, 0.4) is 0 Å². The molecule has 39 heavy (non-hydrogen) atoms. The van der Waals surface area contributed by atoms with Crippen LogP contribution in [-0.4, -0.2) is 74.8 Å². The van der Waals surface area contributed by atoms with Crippen molar-refractivity contribution in [3.8, 4) is 0 Å². The van der Waals surface area contributed by atoms with E-state index in [4.69, 9.17) is 16.3 Å². The van der Waals surface area contributed by atoms with Gasteiger partial charge in [-0.2, -0.15) is 0 Å². The number of nitrogens with zero attached hydrogens (tertiary/aromatic N) is 6. The zero-order chi connectivity index (χ0) is 28.0. The Hall–Kier alpha value is -4.32. The number of hydrogen-bond donors (Lipinski definition) is 2. The molecule has 1 aliphatic heterocycles. The molecule has 2 N–H and O–H groups in total. The molecule has 3 aromatic rings. The fourth-order valence-corrected chi connectivity index (χ4v) is 3.88. The minimum Gasteiger partial charge on any atom is -0.444 e. The molecule has 0 aliphatic carbocycles. The first-order chi connectivity index (χ1) is 18.6. The summed E-state index contributed by atoms with van der Waals surface area (Å²) in [6.07, 6.45) is 3.25. The smallest absolute Gasteiger partial charge is 0.410 e. The molecule has 1 saturated heterocycles. The van der Waals surface area contributed by atoms with Crippen molar-refractivity contribution in [2.24, 2.45) is 0 Å². The van der Waals surface area contributed by atoms with Gasteiger partial charge in [0.2, 0.25) is 0 Å². The highest BCUT2D eigenvalue weighted by molar-refractivity contribution is 6.30. The van der Waals surface area contributed by atoms with E-state index in [0.717, 1.165) is 6.42 Å². The normalized spacial score (nSPS) is 13.8. The van der Waals surface area contributed by atoms with Crippen LogP contribution in [0.4, 0.5) is 22.1 Å². The lowest BCUT2D eigenvalue weighted by Crippen LogP contribution is -2.39. The Morgan fingerprint density at radius 1 is 0.923 bits per heavy atom. The zero-order valence-corrected chi connectivity index (χ0v) is 22.6. The van der Waals surface area contributed by atoms with Gasteiger partial charge in [0.1, 0.15) is 11.4 Å². The third-order valence-corrected chi connectivity index (χ3v) is 5.82. The number of halogens is 1. The number of nitrogens with one attached hydrogen (secondary N) is 2. The number of anilines is 3. The minimum absolute atomic E-state index is 0.00582. The standard InChI is InChI=1S/C26H29ClN8O4/c1-26(2,3)39-25(38)35-13-5-12-34(14-15-35)21-10-8-19(32-33-21)23(36)30-18-6-4-11-28-22(18)24(37)31-20-9-7-17(27)16-29-20/h4,6-11,16H,5,12-15H2,1-3H3,(H,30,36)(H,29,31,37). The third kappa shape index (κ3) is 7.60. The van der Waals surface area contributed by atoms with Crippen molar-refractivity contribution in [3.05, 3.63) is 65.2 Å². The second kappa shape index (κ2) is 12.0. The van der Waals surface area contributed by atoms with Crippen molar-refractivity contribution >= 4 is 46.8 Å². The molecule has 0 bridgehead atoms. The summed E-state index contributed by atoms with van der Waals surface area (Å²) in [5, 5.41) is 14.0. The van der Waals surface area contributed by atoms with Crippen molar-refractivity contribution in [2.75, 3.05) is 41.7 Å². The van der Waals surface area contributed by atoms with Crippen LogP contribution in [0.1, 0.15) is 48.2 Å². The van der Waals surface area contributed by atoms with E-state index >= 15 is 0 Å². The van der Waals surface area contributed by atoms with Gasteiger partial charge in [-0.15, -0.1) is 10.2 Å². The molecular formula is C26H29ClN8O4. The molecule has 3 aromatic heterocycles. The van der Waals surface area contributed by atoms with Gasteiger partial charge < -0.3 is 25.2 Å². The number of pyridine rings is 2. The molecule has 0 atom stereocenters. The second-order valence-corrected chi connectivity index (χ2v) is 10.2. The number of hydrogen-bond acceptors (Lipinski definition) is 9. The van der Waals surface area contributed by atoms with E-state index < -0.39 is 17.4 Å². The lowest BCUT2D eigenvalue weighted by molar-refractivity contribution is 0.0263. The van der Waals surface area contributed by atoms with Crippen molar-refractivity contribution in [2.45, 2.75) is 32.8 Å². The van der Waals surface area contributed by atoms with Crippen LogP contribution in [0.2, 0.25) is 5.02 Å². The number of amides is 3. The van der Waals surface area contributed by atoms with Gasteiger partial charge in [-0.25, -0.2) is 14.8 Å². The van der Waals surface area contributed by atoms with Gasteiger partial charge in [0.15, 0.2) is 17.2 Å². The lowest BCUT2D eigenvalue weighted by Gasteiger charge is -2.26. The Morgan fingerprint density at radius 2 is 1.74 bits per heavy atom. The Balaban J connectivity index is 1.38.